The zero-order chi connectivity index (χ0) is 16.4. The van der Waals surface area contributed by atoms with Gasteiger partial charge in [0.2, 0.25) is 0 Å². The van der Waals surface area contributed by atoms with E-state index in [1.54, 1.807) is 7.11 Å². The first-order chi connectivity index (χ1) is 11.1. The third kappa shape index (κ3) is 2.96. The average molecular weight is 313 g/mol. The molecule has 1 aliphatic heterocycles. The first kappa shape index (κ1) is 15.6. The maximum Gasteiger partial charge on any atom is 0.257 e. The molecule has 0 bridgehead atoms. The first-order valence-corrected chi connectivity index (χ1v) is 8.13. The Morgan fingerprint density at radius 2 is 2.26 bits per heavy atom. The minimum absolute atomic E-state index is 0.0731. The molecule has 23 heavy (non-hydrogen) atoms. The number of rotatable bonds is 5. The number of amides is 1. The summed E-state index contributed by atoms with van der Waals surface area (Å²) >= 11 is 0. The van der Waals surface area contributed by atoms with Gasteiger partial charge in [0, 0.05) is 19.3 Å². The molecule has 2 heterocycles. The molecule has 1 aromatic carbocycles. The van der Waals surface area contributed by atoms with E-state index in [1.807, 2.05) is 40.9 Å². The number of nitrogens with zero attached hydrogens (tertiary/aromatic N) is 3. The predicted octanol–water partition coefficient (Wildman–Crippen LogP) is 3.20. The quantitative estimate of drug-likeness (QED) is 0.851. The number of likely N-dealkylation sites (tertiary alicyclic amines) is 1. The fourth-order valence-electron chi connectivity index (χ4n) is 3.05. The van der Waals surface area contributed by atoms with Gasteiger partial charge in [0.25, 0.3) is 5.91 Å². The van der Waals surface area contributed by atoms with E-state index in [2.05, 4.69) is 18.1 Å². The second-order valence-corrected chi connectivity index (χ2v) is 5.97. The van der Waals surface area contributed by atoms with Gasteiger partial charge < -0.3 is 9.64 Å². The van der Waals surface area contributed by atoms with E-state index in [1.165, 1.54) is 0 Å². The van der Waals surface area contributed by atoms with Crippen LogP contribution in [0.2, 0.25) is 0 Å². The van der Waals surface area contributed by atoms with Crippen molar-refractivity contribution in [1.82, 2.24) is 14.7 Å². The van der Waals surface area contributed by atoms with Crippen LogP contribution in [0.3, 0.4) is 0 Å². The highest BCUT2D eigenvalue weighted by Crippen LogP contribution is 2.36. The summed E-state index contributed by atoms with van der Waals surface area (Å²) < 4.78 is 7.15. The van der Waals surface area contributed by atoms with Crippen molar-refractivity contribution in [2.45, 2.75) is 39.3 Å². The number of hydrogen-bond acceptors (Lipinski definition) is 3. The van der Waals surface area contributed by atoms with E-state index in [4.69, 9.17) is 4.74 Å². The molecule has 1 amide bonds. The Kier molecular flexibility index (Phi) is 4.37. The Hall–Kier alpha value is -2.30. The monoisotopic (exact) mass is 313 g/mol. The zero-order valence-corrected chi connectivity index (χ0v) is 14.0. The number of carbonyl (C=O) groups is 1. The summed E-state index contributed by atoms with van der Waals surface area (Å²) in [5.74, 6) is 0.901. The number of benzene rings is 1. The molecule has 3 rings (SSSR count). The Balaban J connectivity index is 1.80. The molecule has 122 valence electrons. The fourth-order valence-corrected chi connectivity index (χ4v) is 3.05. The molecule has 5 nitrogen and oxygen atoms in total. The molecular weight excluding hydrogens is 290 g/mol. The van der Waals surface area contributed by atoms with Crippen LogP contribution in [0.25, 0.3) is 0 Å². The average Bonchev–Trinajstić information content (AvgIpc) is 2.87. The fraction of sp³-hybridized carbons (Fsp3) is 0.444. The Morgan fingerprint density at radius 1 is 1.43 bits per heavy atom. The van der Waals surface area contributed by atoms with Gasteiger partial charge in [-0.05, 0) is 37.5 Å². The molecule has 1 saturated heterocycles. The van der Waals surface area contributed by atoms with Gasteiger partial charge in [-0.1, -0.05) is 19.1 Å². The van der Waals surface area contributed by atoms with Crippen molar-refractivity contribution >= 4 is 5.91 Å². The summed E-state index contributed by atoms with van der Waals surface area (Å²) in [5.41, 5.74) is 2.65. The van der Waals surface area contributed by atoms with Crippen LogP contribution in [0.4, 0.5) is 0 Å². The van der Waals surface area contributed by atoms with Crippen LogP contribution in [0.1, 0.15) is 47.4 Å². The van der Waals surface area contributed by atoms with Crippen LogP contribution in [0.15, 0.2) is 30.5 Å². The van der Waals surface area contributed by atoms with E-state index in [-0.39, 0.29) is 11.9 Å². The van der Waals surface area contributed by atoms with Crippen molar-refractivity contribution in [2.24, 2.45) is 0 Å². The second-order valence-electron chi connectivity index (χ2n) is 5.97. The molecule has 5 heteroatoms. The molecule has 1 aromatic heterocycles. The van der Waals surface area contributed by atoms with Crippen molar-refractivity contribution in [3.63, 3.8) is 0 Å². The first-order valence-electron chi connectivity index (χ1n) is 8.13. The summed E-state index contributed by atoms with van der Waals surface area (Å²) in [6, 6.07) is 8.09. The normalized spacial score (nSPS) is 17.0. The maximum absolute atomic E-state index is 12.8. The van der Waals surface area contributed by atoms with Crippen molar-refractivity contribution < 1.29 is 9.53 Å². The smallest absolute Gasteiger partial charge is 0.257 e. The topological polar surface area (TPSA) is 47.4 Å². The highest BCUT2D eigenvalue weighted by Gasteiger charge is 2.35. The number of aromatic nitrogens is 2. The van der Waals surface area contributed by atoms with Gasteiger partial charge >= 0.3 is 0 Å². The molecule has 0 spiro atoms. The molecule has 0 saturated carbocycles. The number of aryl methyl sites for hydroxylation is 2. The van der Waals surface area contributed by atoms with Gasteiger partial charge in [-0.15, -0.1) is 0 Å². The SMILES string of the molecule is CCCn1cc(C(=O)N2CCC2c2cccc(OC)c2)c(C)n1. The Labute approximate surface area is 136 Å². The molecule has 0 aliphatic carbocycles. The third-order valence-corrected chi connectivity index (χ3v) is 4.39. The van der Waals surface area contributed by atoms with E-state index in [9.17, 15) is 4.79 Å². The molecular formula is C18H23N3O2. The molecule has 1 fully saturated rings. The van der Waals surface area contributed by atoms with Crippen LogP contribution < -0.4 is 4.74 Å². The van der Waals surface area contributed by atoms with E-state index in [0.717, 1.165) is 42.9 Å². The molecule has 1 unspecified atom stereocenters. The van der Waals surface area contributed by atoms with Gasteiger partial charge in [-0.25, -0.2) is 0 Å². The minimum atomic E-state index is 0.0731. The molecule has 1 atom stereocenters. The summed E-state index contributed by atoms with van der Waals surface area (Å²) in [5, 5.41) is 4.44. The third-order valence-electron chi connectivity index (χ3n) is 4.39. The van der Waals surface area contributed by atoms with Crippen LogP contribution >= 0.6 is 0 Å². The lowest BCUT2D eigenvalue weighted by Crippen LogP contribution is -2.45. The van der Waals surface area contributed by atoms with Crippen LogP contribution in [0.5, 0.6) is 5.75 Å². The number of carbonyl (C=O) groups excluding carboxylic acids is 1. The molecule has 0 N–H and O–H groups in total. The molecule has 0 radical (unpaired) electrons. The maximum atomic E-state index is 12.8. The molecule has 1 aliphatic rings. The number of methoxy groups -OCH3 is 1. The summed E-state index contributed by atoms with van der Waals surface area (Å²) in [6.45, 7) is 5.64. The lowest BCUT2D eigenvalue weighted by atomic mass is 9.93. The molecule has 2 aromatic rings. The largest absolute Gasteiger partial charge is 0.497 e. The Bertz CT molecular complexity index is 708. The van der Waals surface area contributed by atoms with Crippen molar-refractivity contribution in [2.75, 3.05) is 13.7 Å². The number of ether oxygens (including phenoxy) is 1. The lowest BCUT2D eigenvalue weighted by Gasteiger charge is -2.41. The van der Waals surface area contributed by atoms with Gasteiger partial charge in [0.05, 0.1) is 24.4 Å². The van der Waals surface area contributed by atoms with Gasteiger partial charge in [-0.3, -0.25) is 9.48 Å². The van der Waals surface area contributed by atoms with Crippen LogP contribution in [-0.2, 0) is 6.54 Å². The van der Waals surface area contributed by atoms with E-state index in [0.29, 0.717) is 5.56 Å². The highest BCUT2D eigenvalue weighted by atomic mass is 16.5. The minimum Gasteiger partial charge on any atom is -0.497 e. The van der Waals surface area contributed by atoms with Gasteiger partial charge in [0.15, 0.2) is 0 Å². The Morgan fingerprint density at radius 3 is 2.91 bits per heavy atom. The van der Waals surface area contributed by atoms with Gasteiger partial charge in [0.1, 0.15) is 5.75 Å². The summed E-state index contributed by atoms with van der Waals surface area (Å²) in [7, 11) is 1.66. The lowest BCUT2D eigenvalue weighted by molar-refractivity contribution is 0.0459. The highest BCUT2D eigenvalue weighted by molar-refractivity contribution is 5.95. The van der Waals surface area contributed by atoms with Crippen molar-refractivity contribution in [1.29, 1.82) is 0 Å². The van der Waals surface area contributed by atoms with Crippen LogP contribution in [-0.4, -0.2) is 34.2 Å². The predicted molar refractivity (Wildman–Crippen MR) is 88.6 cm³/mol. The second kappa shape index (κ2) is 6.44. The van der Waals surface area contributed by atoms with Crippen molar-refractivity contribution in [3.8, 4) is 5.75 Å². The van der Waals surface area contributed by atoms with E-state index >= 15 is 0 Å². The van der Waals surface area contributed by atoms with Gasteiger partial charge in [-0.2, -0.15) is 5.10 Å². The van der Waals surface area contributed by atoms with E-state index < -0.39 is 0 Å². The van der Waals surface area contributed by atoms with Crippen LogP contribution in [0, 0.1) is 6.92 Å². The van der Waals surface area contributed by atoms with Crippen molar-refractivity contribution in [3.05, 3.63) is 47.3 Å². The summed E-state index contributed by atoms with van der Waals surface area (Å²) in [4.78, 5) is 14.8. The number of hydrogen-bond donors (Lipinski definition) is 0. The standard InChI is InChI=1S/C18H23N3O2/c1-4-9-20-12-16(13(2)19-20)18(22)21-10-8-17(21)14-6-5-7-15(11-14)23-3/h5-7,11-12,17H,4,8-10H2,1-3H3. The summed E-state index contributed by atoms with van der Waals surface area (Å²) in [6.07, 6.45) is 3.87. The zero-order valence-electron chi connectivity index (χ0n) is 14.0.